The van der Waals surface area contributed by atoms with Crippen molar-refractivity contribution < 1.29 is 4.74 Å². The van der Waals surface area contributed by atoms with E-state index in [1.54, 1.807) is 0 Å². The molecular formula is C9H14OS2. The van der Waals surface area contributed by atoms with E-state index in [1.165, 1.54) is 17.3 Å². The lowest BCUT2D eigenvalue weighted by Crippen LogP contribution is -1.93. The molecule has 1 saturated heterocycles. The molecular weight excluding hydrogens is 188 g/mol. The van der Waals surface area contributed by atoms with Gasteiger partial charge in [-0.05, 0) is 16.6 Å². The van der Waals surface area contributed by atoms with Gasteiger partial charge in [-0.3, -0.25) is 0 Å². The average Bonchev–Trinajstić information content (AvgIpc) is 2.76. The molecule has 2 aliphatic heterocycles. The van der Waals surface area contributed by atoms with Gasteiger partial charge in [0.1, 0.15) is 0 Å². The molecule has 0 amide bonds. The Morgan fingerprint density at radius 2 is 2.17 bits per heavy atom. The fourth-order valence-electron chi connectivity index (χ4n) is 1.07. The summed E-state index contributed by atoms with van der Waals surface area (Å²) in [6.07, 6.45) is 4.93. The summed E-state index contributed by atoms with van der Waals surface area (Å²) in [7, 11) is 0.122. The molecule has 12 heavy (non-hydrogen) atoms. The third-order valence-electron chi connectivity index (χ3n) is 1.87. The van der Waals surface area contributed by atoms with Crippen LogP contribution in [0.15, 0.2) is 23.0 Å². The van der Waals surface area contributed by atoms with Crippen molar-refractivity contribution in [2.45, 2.75) is 6.10 Å². The van der Waals surface area contributed by atoms with Crippen molar-refractivity contribution in [1.82, 2.24) is 0 Å². The van der Waals surface area contributed by atoms with Crippen molar-refractivity contribution in [3.05, 3.63) is 23.0 Å². The molecule has 0 saturated carbocycles. The fraction of sp³-hybridized carbons (Fsp3) is 0.556. The first-order chi connectivity index (χ1) is 5.95. The quantitative estimate of drug-likeness (QED) is 0.417. The summed E-state index contributed by atoms with van der Waals surface area (Å²) in [4.78, 5) is 0. The number of hydrogen-bond donors (Lipinski definition) is 1. The van der Waals surface area contributed by atoms with Crippen LogP contribution in [0.25, 0.3) is 0 Å². The van der Waals surface area contributed by atoms with Gasteiger partial charge in [-0.2, -0.15) is 11.8 Å². The molecule has 0 aromatic carbocycles. The normalized spacial score (nSPS) is 28.3. The highest BCUT2D eigenvalue weighted by atomic mass is 32.2. The third-order valence-corrected chi connectivity index (χ3v) is 5.12. The molecule has 1 nitrogen and oxygen atoms in total. The molecule has 0 aromatic rings. The standard InChI is InChI=1S/C9H14OS2/c1-2-5-12(4-1)6-3-11-8-9-7-10-9/h1-2,4-5,9,12H,3,6-8H2. The summed E-state index contributed by atoms with van der Waals surface area (Å²) < 4.78 is 5.14. The van der Waals surface area contributed by atoms with E-state index in [0.29, 0.717) is 6.10 Å². The van der Waals surface area contributed by atoms with Crippen molar-refractivity contribution in [3.63, 3.8) is 0 Å². The van der Waals surface area contributed by atoms with E-state index < -0.39 is 0 Å². The van der Waals surface area contributed by atoms with Gasteiger partial charge in [-0.25, -0.2) is 10.9 Å². The summed E-state index contributed by atoms with van der Waals surface area (Å²) >= 11 is 2.03. The second-order valence-electron chi connectivity index (χ2n) is 2.95. The Balaban J connectivity index is 1.50. The highest BCUT2D eigenvalue weighted by molar-refractivity contribution is 8.22. The average molecular weight is 202 g/mol. The zero-order chi connectivity index (χ0) is 8.23. The molecule has 0 radical (unpaired) electrons. The van der Waals surface area contributed by atoms with Crippen LogP contribution in [0.1, 0.15) is 0 Å². The first-order valence-electron chi connectivity index (χ1n) is 4.25. The third kappa shape index (κ3) is 2.88. The van der Waals surface area contributed by atoms with Crippen LogP contribution in [0, 0.1) is 0 Å². The maximum atomic E-state index is 5.14. The SMILES string of the molecule is C1=C[SH](CCSCC2CO2)C=C1. The molecule has 0 aromatic heterocycles. The topological polar surface area (TPSA) is 12.5 Å². The zero-order valence-electron chi connectivity index (χ0n) is 6.98. The van der Waals surface area contributed by atoms with Gasteiger partial charge in [-0.1, -0.05) is 12.2 Å². The van der Waals surface area contributed by atoms with Crippen molar-refractivity contribution in [2.24, 2.45) is 0 Å². The Morgan fingerprint density at radius 3 is 2.83 bits per heavy atom. The minimum Gasteiger partial charge on any atom is -0.372 e. The zero-order valence-corrected chi connectivity index (χ0v) is 8.69. The number of epoxide rings is 1. The molecule has 2 aliphatic rings. The van der Waals surface area contributed by atoms with Crippen LogP contribution < -0.4 is 0 Å². The number of thioether (sulfide) groups is 1. The van der Waals surface area contributed by atoms with Gasteiger partial charge in [0.25, 0.3) is 0 Å². The smallest absolute Gasteiger partial charge is 0.0900 e. The maximum Gasteiger partial charge on any atom is 0.0900 e. The highest BCUT2D eigenvalue weighted by Crippen LogP contribution is 2.33. The van der Waals surface area contributed by atoms with E-state index in [-0.39, 0.29) is 10.9 Å². The Morgan fingerprint density at radius 1 is 1.42 bits per heavy atom. The van der Waals surface area contributed by atoms with Crippen LogP contribution in [0.3, 0.4) is 0 Å². The molecule has 68 valence electrons. The van der Waals surface area contributed by atoms with Gasteiger partial charge in [-0.15, -0.1) is 0 Å². The van der Waals surface area contributed by atoms with E-state index in [4.69, 9.17) is 4.74 Å². The largest absolute Gasteiger partial charge is 0.372 e. The van der Waals surface area contributed by atoms with E-state index in [1.807, 2.05) is 11.8 Å². The summed E-state index contributed by atoms with van der Waals surface area (Å²) in [5.41, 5.74) is 0. The van der Waals surface area contributed by atoms with Gasteiger partial charge in [0, 0.05) is 11.5 Å². The van der Waals surface area contributed by atoms with Crippen LogP contribution in [0.2, 0.25) is 0 Å². The predicted molar refractivity (Wildman–Crippen MR) is 59.2 cm³/mol. The van der Waals surface area contributed by atoms with Gasteiger partial charge in [0.05, 0.1) is 12.7 Å². The van der Waals surface area contributed by atoms with Crippen LogP contribution in [0.5, 0.6) is 0 Å². The molecule has 0 N–H and O–H groups in total. The molecule has 1 atom stereocenters. The van der Waals surface area contributed by atoms with Gasteiger partial charge in [0.2, 0.25) is 0 Å². The summed E-state index contributed by atoms with van der Waals surface area (Å²) in [5, 5.41) is 4.67. The van der Waals surface area contributed by atoms with Crippen LogP contribution >= 0.6 is 22.7 Å². The van der Waals surface area contributed by atoms with Crippen LogP contribution in [-0.2, 0) is 4.74 Å². The number of rotatable bonds is 5. The molecule has 0 bridgehead atoms. The Kier molecular flexibility index (Phi) is 3.20. The van der Waals surface area contributed by atoms with E-state index in [9.17, 15) is 0 Å². The van der Waals surface area contributed by atoms with Crippen molar-refractivity contribution in [1.29, 1.82) is 0 Å². The Hall–Kier alpha value is 0.140. The summed E-state index contributed by atoms with van der Waals surface area (Å²) in [6, 6.07) is 0. The van der Waals surface area contributed by atoms with Gasteiger partial charge < -0.3 is 4.74 Å². The second kappa shape index (κ2) is 4.40. The number of thiol groups is 1. The Labute approximate surface area is 80.6 Å². The molecule has 2 rings (SSSR count). The molecule has 1 fully saturated rings. The second-order valence-corrected chi connectivity index (χ2v) is 6.17. The number of allylic oxidation sites excluding steroid dienone is 2. The predicted octanol–water partition coefficient (Wildman–Crippen LogP) is 2.16. The van der Waals surface area contributed by atoms with Crippen LogP contribution in [-0.4, -0.2) is 30.0 Å². The first-order valence-corrected chi connectivity index (χ1v) is 7.07. The maximum absolute atomic E-state index is 5.14. The lowest BCUT2D eigenvalue weighted by molar-refractivity contribution is 0.426. The van der Waals surface area contributed by atoms with Crippen molar-refractivity contribution in [2.75, 3.05) is 23.9 Å². The molecule has 2 heterocycles. The van der Waals surface area contributed by atoms with E-state index in [2.05, 4.69) is 23.0 Å². The molecule has 1 unspecified atom stereocenters. The summed E-state index contributed by atoms with van der Waals surface area (Å²) in [5.74, 6) is 3.84. The van der Waals surface area contributed by atoms with Gasteiger partial charge in [0.15, 0.2) is 0 Å². The molecule has 0 aliphatic carbocycles. The number of ether oxygens (including phenoxy) is 1. The minimum absolute atomic E-state index is 0.122. The fourth-order valence-corrected chi connectivity index (χ4v) is 4.09. The first kappa shape index (κ1) is 8.73. The minimum atomic E-state index is 0.122. The van der Waals surface area contributed by atoms with Crippen molar-refractivity contribution >= 4 is 22.7 Å². The van der Waals surface area contributed by atoms with Crippen LogP contribution in [0.4, 0.5) is 0 Å². The lowest BCUT2D eigenvalue weighted by Gasteiger charge is -2.07. The van der Waals surface area contributed by atoms with Gasteiger partial charge >= 0.3 is 0 Å². The monoisotopic (exact) mass is 202 g/mol. The Bertz CT molecular complexity index is 185. The lowest BCUT2D eigenvalue weighted by atomic mass is 10.6. The van der Waals surface area contributed by atoms with E-state index >= 15 is 0 Å². The number of hydrogen-bond acceptors (Lipinski definition) is 2. The highest BCUT2D eigenvalue weighted by Gasteiger charge is 2.21. The molecule has 0 spiro atoms. The summed E-state index contributed by atoms with van der Waals surface area (Å²) in [6.45, 7) is 1.00. The van der Waals surface area contributed by atoms with Crippen molar-refractivity contribution in [3.8, 4) is 0 Å². The van der Waals surface area contributed by atoms with E-state index in [0.717, 1.165) is 6.61 Å². The molecule has 3 heteroatoms.